The number of pyridine rings is 1. The number of nitrogens with zero attached hydrogens (tertiary/aromatic N) is 3. The summed E-state index contributed by atoms with van der Waals surface area (Å²) in [4.78, 5) is 12.1. The van der Waals surface area contributed by atoms with Crippen molar-refractivity contribution in [3.8, 4) is 0 Å². The van der Waals surface area contributed by atoms with Crippen LogP contribution in [0, 0.1) is 5.92 Å². The van der Waals surface area contributed by atoms with E-state index in [4.69, 9.17) is 10.5 Å². The summed E-state index contributed by atoms with van der Waals surface area (Å²) in [6.07, 6.45) is 1.88. The highest BCUT2D eigenvalue weighted by Gasteiger charge is 2.25. The number of hydrogen-bond acceptors (Lipinski definition) is 5. The molecular formula is C14H21N5O2. The molecule has 2 rings (SSSR count). The number of fused-ring (bicyclic) bond motifs is 1. The molecule has 0 spiro atoms. The molecule has 7 heteroatoms. The third kappa shape index (κ3) is 3.37. The van der Waals surface area contributed by atoms with Gasteiger partial charge in [-0.05, 0) is 18.1 Å². The smallest absolute Gasteiger partial charge is 0.239 e. The van der Waals surface area contributed by atoms with Crippen molar-refractivity contribution in [1.29, 1.82) is 0 Å². The lowest BCUT2D eigenvalue weighted by Crippen LogP contribution is -2.46. The quantitative estimate of drug-likeness (QED) is 0.809. The van der Waals surface area contributed by atoms with Crippen molar-refractivity contribution >= 4 is 11.6 Å². The number of nitrogens with one attached hydrogen (secondary N) is 1. The minimum atomic E-state index is -0.699. The number of amides is 1. The minimum Gasteiger partial charge on any atom is -0.383 e. The SMILES string of the molecule is COCC(N)C(=O)NC(c1nnc2ccccn12)C(C)C. The van der Waals surface area contributed by atoms with E-state index in [1.165, 1.54) is 7.11 Å². The van der Waals surface area contributed by atoms with Gasteiger partial charge in [0.1, 0.15) is 6.04 Å². The highest BCUT2D eigenvalue weighted by Crippen LogP contribution is 2.20. The van der Waals surface area contributed by atoms with Gasteiger partial charge in [-0.2, -0.15) is 0 Å². The fraction of sp³-hybridized carbons (Fsp3) is 0.500. The number of nitrogens with two attached hydrogens (primary N) is 1. The largest absolute Gasteiger partial charge is 0.383 e. The van der Waals surface area contributed by atoms with Crippen molar-refractivity contribution in [2.45, 2.75) is 25.9 Å². The van der Waals surface area contributed by atoms with E-state index in [1.807, 2.05) is 42.6 Å². The molecule has 0 bridgehead atoms. The van der Waals surface area contributed by atoms with Gasteiger partial charge in [-0.3, -0.25) is 9.20 Å². The van der Waals surface area contributed by atoms with Gasteiger partial charge < -0.3 is 15.8 Å². The van der Waals surface area contributed by atoms with E-state index >= 15 is 0 Å². The first-order chi connectivity index (χ1) is 10.0. The van der Waals surface area contributed by atoms with Crippen molar-refractivity contribution in [1.82, 2.24) is 19.9 Å². The van der Waals surface area contributed by atoms with Crippen LogP contribution in [0.2, 0.25) is 0 Å². The lowest BCUT2D eigenvalue weighted by molar-refractivity contribution is -0.124. The fourth-order valence-electron chi connectivity index (χ4n) is 2.12. The molecule has 0 fully saturated rings. The first kappa shape index (κ1) is 15.4. The van der Waals surface area contributed by atoms with Gasteiger partial charge in [0.15, 0.2) is 11.5 Å². The molecule has 0 aliphatic heterocycles. The number of aromatic nitrogens is 3. The Hall–Kier alpha value is -1.99. The maximum absolute atomic E-state index is 12.1. The summed E-state index contributed by atoms with van der Waals surface area (Å²) in [5.41, 5.74) is 6.51. The standard InChI is InChI=1S/C14H21N5O2/c1-9(2)12(16-14(20)10(15)8-21-3)13-18-17-11-6-4-5-7-19(11)13/h4-7,9-10,12H,8,15H2,1-3H3,(H,16,20). The Morgan fingerprint density at radius 2 is 2.19 bits per heavy atom. The van der Waals surface area contributed by atoms with E-state index in [0.717, 1.165) is 5.65 Å². The van der Waals surface area contributed by atoms with Crippen LogP contribution in [0.15, 0.2) is 24.4 Å². The first-order valence-corrected chi connectivity index (χ1v) is 6.89. The number of rotatable bonds is 6. The van der Waals surface area contributed by atoms with Crippen LogP contribution in [0.3, 0.4) is 0 Å². The predicted molar refractivity (Wildman–Crippen MR) is 78.6 cm³/mol. The van der Waals surface area contributed by atoms with Gasteiger partial charge in [0, 0.05) is 13.3 Å². The molecule has 2 heterocycles. The van der Waals surface area contributed by atoms with Crippen molar-refractivity contribution in [3.63, 3.8) is 0 Å². The number of methoxy groups -OCH3 is 1. The summed E-state index contributed by atoms with van der Waals surface area (Å²) in [6.45, 7) is 4.20. The number of carbonyl (C=O) groups is 1. The van der Waals surface area contributed by atoms with Gasteiger partial charge in [-0.1, -0.05) is 19.9 Å². The van der Waals surface area contributed by atoms with Crippen molar-refractivity contribution in [2.24, 2.45) is 11.7 Å². The Kier molecular flexibility index (Phi) is 4.87. The van der Waals surface area contributed by atoms with E-state index in [0.29, 0.717) is 5.82 Å². The van der Waals surface area contributed by atoms with Crippen LogP contribution in [-0.2, 0) is 9.53 Å². The van der Waals surface area contributed by atoms with Crippen LogP contribution in [0.1, 0.15) is 25.7 Å². The second-order valence-electron chi connectivity index (χ2n) is 5.28. The summed E-state index contributed by atoms with van der Waals surface area (Å²) in [7, 11) is 1.51. The van der Waals surface area contributed by atoms with E-state index in [9.17, 15) is 4.79 Å². The summed E-state index contributed by atoms with van der Waals surface area (Å²) < 4.78 is 6.78. The molecule has 0 radical (unpaired) electrons. The maximum Gasteiger partial charge on any atom is 0.239 e. The molecular weight excluding hydrogens is 270 g/mol. The van der Waals surface area contributed by atoms with Crippen LogP contribution in [-0.4, -0.2) is 40.3 Å². The normalized spacial score (nSPS) is 14.3. The third-order valence-corrected chi connectivity index (χ3v) is 3.27. The van der Waals surface area contributed by atoms with E-state index < -0.39 is 6.04 Å². The molecule has 2 aromatic rings. The first-order valence-electron chi connectivity index (χ1n) is 6.89. The summed E-state index contributed by atoms with van der Waals surface area (Å²) in [5, 5.41) is 11.2. The van der Waals surface area contributed by atoms with Crippen LogP contribution in [0.4, 0.5) is 0 Å². The highest BCUT2D eigenvalue weighted by atomic mass is 16.5. The zero-order valence-electron chi connectivity index (χ0n) is 12.5. The topological polar surface area (TPSA) is 94.5 Å². The van der Waals surface area contributed by atoms with Gasteiger partial charge in [-0.25, -0.2) is 0 Å². The second kappa shape index (κ2) is 6.64. The van der Waals surface area contributed by atoms with Crippen LogP contribution >= 0.6 is 0 Å². The molecule has 0 aliphatic rings. The lowest BCUT2D eigenvalue weighted by Gasteiger charge is -2.22. The molecule has 0 saturated carbocycles. The number of carbonyl (C=O) groups excluding carboxylic acids is 1. The predicted octanol–water partition coefficient (Wildman–Crippen LogP) is 0.516. The number of hydrogen-bond donors (Lipinski definition) is 2. The Bertz CT molecular complexity index is 610. The van der Waals surface area contributed by atoms with Gasteiger partial charge in [0.25, 0.3) is 0 Å². The van der Waals surface area contributed by atoms with Gasteiger partial charge in [-0.15, -0.1) is 10.2 Å². The molecule has 2 unspecified atom stereocenters. The molecule has 0 aromatic carbocycles. The summed E-state index contributed by atoms with van der Waals surface area (Å²) in [6, 6.07) is 4.70. The highest BCUT2D eigenvalue weighted by molar-refractivity contribution is 5.82. The average Bonchev–Trinajstić information content (AvgIpc) is 2.88. The second-order valence-corrected chi connectivity index (χ2v) is 5.28. The van der Waals surface area contributed by atoms with Gasteiger partial charge in [0.05, 0.1) is 12.6 Å². The Morgan fingerprint density at radius 3 is 2.86 bits per heavy atom. The Morgan fingerprint density at radius 1 is 1.43 bits per heavy atom. The van der Waals surface area contributed by atoms with Crippen LogP contribution in [0.25, 0.3) is 5.65 Å². The molecule has 114 valence electrons. The molecule has 0 saturated heterocycles. The van der Waals surface area contributed by atoms with Crippen molar-refractivity contribution in [3.05, 3.63) is 30.2 Å². The van der Waals surface area contributed by atoms with E-state index in [2.05, 4.69) is 15.5 Å². The average molecular weight is 291 g/mol. The van der Waals surface area contributed by atoms with Crippen molar-refractivity contribution in [2.75, 3.05) is 13.7 Å². The Balaban J connectivity index is 2.25. The Labute approximate surface area is 123 Å². The lowest BCUT2D eigenvalue weighted by atomic mass is 10.0. The van der Waals surface area contributed by atoms with E-state index in [-0.39, 0.29) is 24.5 Å². The van der Waals surface area contributed by atoms with Crippen LogP contribution < -0.4 is 11.1 Å². The molecule has 0 aliphatic carbocycles. The van der Waals surface area contributed by atoms with Crippen molar-refractivity contribution < 1.29 is 9.53 Å². The molecule has 2 aromatic heterocycles. The number of ether oxygens (including phenoxy) is 1. The zero-order chi connectivity index (χ0) is 15.4. The summed E-state index contributed by atoms with van der Waals surface area (Å²) in [5.74, 6) is 0.582. The fourth-order valence-corrected chi connectivity index (χ4v) is 2.12. The van der Waals surface area contributed by atoms with Gasteiger partial charge >= 0.3 is 0 Å². The van der Waals surface area contributed by atoms with E-state index in [1.54, 1.807) is 0 Å². The monoisotopic (exact) mass is 291 g/mol. The molecule has 7 nitrogen and oxygen atoms in total. The minimum absolute atomic E-state index is 0.149. The molecule has 2 atom stereocenters. The molecule has 21 heavy (non-hydrogen) atoms. The summed E-state index contributed by atoms with van der Waals surface area (Å²) >= 11 is 0. The van der Waals surface area contributed by atoms with Crippen LogP contribution in [0.5, 0.6) is 0 Å². The zero-order valence-corrected chi connectivity index (χ0v) is 12.5. The molecule has 3 N–H and O–H groups in total. The third-order valence-electron chi connectivity index (χ3n) is 3.27. The van der Waals surface area contributed by atoms with Gasteiger partial charge in [0.2, 0.25) is 5.91 Å². The maximum atomic E-state index is 12.1. The molecule has 1 amide bonds.